The van der Waals surface area contributed by atoms with Crippen molar-refractivity contribution in [1.82, 2.24) is 4.98 Å². The number of ether oxygens (including phenoxy) is 1. The van der Waals surface area contributed by atoms with Gasteiger partial charge < -0.3 is 15.6 Å². The van der Waals surface area contributed by atoms with Crippen molar-refractivity contribution in [2.45, 2.75) is 6.10 Å². The number of aromatic nitrogens is 1. The first-order chi connectivity index (χ1) is 5.79. The molecule has 66 valence electrons. The molecule has 1 atom stereocenters. The number of nitrogens with two attached hydrogens (primary N) is 1. The van der Waals surface area contributed by atoms with Crippen molar-refractivity contribution < 1.29 is 9.84 Å². The second kappa shape index (κ2) is 4.04. The highest BCUT2D eigenvalue weighted by molar-refractivity contribution is 5.28. The molecule has 0 aliphatic heterocycles. The predicted molar refractivity (Wildman–Crippen MR) is 44.8 cm³/mol. The molecular formula is C8H12N2O2. The Labute approximate surface area is 71.0 Å². The number of nitrogens with zero attached hydrogens (tertiary/aromatic N) is 1. The van der Waals surface area contributed by atoms with Crippen molar-refractivity contribution in [3.8, 4) is 5.75 Å². The van der Waals surface area contributed by atoms with E-state index in [0.29, 0.717) is 11.4 Å². The molecule has 1 rings (SSSR count). The number of rotatable bonds is 3. The average molecular weight is 168 g/mol. The lowest BCUT2D eigenvalue weighted by molar-refractivity contribution is 0.177. The van der Waals surface area contributed by atoms with Crippen molar-refractivity contribution in [3.63, 3.8) is 0 Å². The summed E-state index contributed by atoms with van der Waals surface area (Å²) in [6, 6.07) is 3.48. The molecule has 0 spiro atoms. The Morgan fingerprint density at radius 3 is 3.08 bits per heavy atom. The van der Waals surface area contributed by atoms with Crippen LogP contribution in [0.4, 0.5) is 0 Å². The number of methoxy groups -OCH3 is 1. The van der Waals surface area contributed by atoms with Gasteiger partial charge in [-0.25, -0.2) is 0 Å². The molecule has 12 heavy (non-hydrogen) atoms. The van der Waals surface area contributed by atoms with Crippen LogP contribution >= 0.6 is 0 Å². The van der Waals surface area contributed by atoms with Gasteiger partial charge in [0.05, 0.1) is 7.11 Å². The molecule has 0 saturated heterocycles. The zero-order chi connectivity index (χ0) is 8.97. The van der Waals surface area contributed by atoms with Crippen molar-refractivity contribution in [1.29, 1.82) is 0 Å². The van der Waals surface area contributed by atoms with Crippen molar-refractivity contribution in [2.75, 3.05) is 13.7 Å². The fourth-order valence-electron chi connectivity index (χ4n) is 0.937. The van der Waals surface area contributed by atoms with E-state index in [-0.39, 0.29) is 6.54 Å². The molecular weight excluding hydrogens is 156 g/mol. The van der Waals surface area contributed by atoms with Gasteiger partial charge in [-0.05, 0) is 12.1 Å². The molecule has 0 aromatic carbocycles. The number of aliphatic hydroxyl groups is 1. The summed E-state index contributed by atoms with van der Waals surface area (Å²) in [5.41, 5.74) is 5.77. The van der Waals surface area contributed by atoms with Crippen LogP contribution in [0.3, 0.4) is 0 Å². The number of pyridine rings is 1. The Balaban J connectivity index is 2.96. The highest BCUT2D eigenvalue weighted by Gasteiger charge is 2.11. The lowest BCUT2D eigenvalue weighted by atomic mass is 10.2. The number of hydrogen-bond acceptors (Lipinski definition) is 4. The minimum atomic E-state index is -0.749. The van der Waals surface area contributed by atoms with Crippen molar-refractivity contribution >= 4 is 0 Å². The maximum atomic E-state index is 9.37. The molecule has 0 aliphatic carbocycles. The van der Waals surface area contributed by atoms with Gasteiger partial charge in [-0.1, -0.05) is 0 Å². The van der Waals surface area contributed by atoms with E-state index in [1.54, 1.807) is 18.3 Å². The Morgan fingerprint density at radius 2 is 2.50 bits per heavy atom. The monoisotopic (exact) mass is 168 g/mol. The molecule has 0 amide bonds. The van der Waals surface area contributed by atoms with E-state index in [0.717, 1.165) is 0 Å². The van der Waals surface area contributed by atoms with Crippen LogP contribution < -0.4 is 10.5 Å². The molecule has 0 radical (unpaired) electrons. The van der Waals surface area contributed by atoms with E-state index in [9.17, 15) is 5.11 Å². The zero-order valence-electron chi connectivity index (χ0n) is 6.90. The number of hydrogen-bond donors (Lipinski definition) is 2. The molecule has 0 aliphatic rings. The molecule has 0 saturated carbocycles. The normalized spacial score (nSPS) is 12.6. The molecule has 0 unspecified atom stereocenters. The summed E-state index contributed by atoms with van der Waals surface area (Å²) in [7, 11) is 1.53. The standard InChI is InChI=1S/C8H12N2O2/c1-12-7-3-2-4-10-8(7)6(11)5-9/h2-4,6,11H,5,9H2,1H3/t6-/m1/s1. The summed E-state index contributed by atoms with van der Waals surface area (Å²) in [6.07, 6.45) is 0.845. The second-order valence-corrected chi connectivity index (χ2v) is 2.34. The van der Waals surface area contributed by atoms with Gasteiger partial charge in [-0.3, -0.25) is 4.98 Å². The first kappa shape index (κ1) is 8.96. The van der Waals surface area contributed by atoms with Gasteiger partial charge in [0.25, 0.3) is 0 Å². The van der Waals surface area contributed by atoms with E-state index >= 15 is 0 Å². The average Bonchev–Trinajstić information content (AvgIpc) is 2.16. The first-order valence-corrected chi connectivity index (χ1v) is 3.66. The Morgan fingerprint density at radius 1 is 1.75 bits per heavy atom. The topological polar surface area (TPSA) is 68.4 Å². The van der Waals surface area contributed by atoms with Crippen LogP contribution in [0.25, 0.3) is 0 Å². The smallest absolute Gasteiger partial charge is 0.143 e. The van der Waals surface area contributed by atoms with Crippen LogP contribution in [-0.4, -0.2) is 23.7 Å². The molecule has 3 N–H and O–H groups in total. The third-order valence-electron chi connectivity index (χ3n) is 1.56. The van der Waals surface area contributed by atoms with Crippen LogP contribution in [0.15, 0.2) is 18.3 Å². The van der Waals surface area contributed by atoms with Gasteiger partial charge in [0.15, 0.2) is 0 Å². The van der Waals surface area contributed by atoms with Gasteiger partial charge in [0.2, 0.25) is 0 Å². The molecule has 0 bridgehead atoms. The summed E-state index contributed by atoms with van der Waals surface area (Å²) < 4.78 is 4.99. The zero-order valence-corrected chi connectivity index (χ0v) is 6.90. The molecule has 1 aromatic heterocycles. The predicted octanol–water partition coefficient (Wildman–Crippen LogP) is 0.0823. The third kappa shape index (κ3) is 1.72. The lowest BCUT2D eigenvalue weighted by Crippen LogP contribution is -2.13. The largest absolute Gasteiger partial charge is 0.495 e. The van der Waals surface area contributed by atoms with Gasteiger partial charge in [0, 0.05) is 12.7 Å². The summed E-state index contributed by atoms with van der Waals surface area (Å²) in [5.74, 6) is 0.565. The van der Waals surface area contributed by atoms with Crippen molar-refractivity contribution in [2.24, 2.45) is 5.73 Å². The minimum Gasteiger partial charge on any atom is -0.495 e. The summed E-state index contributed by atoms with van der Waals surface area (Å²) in [6.45, 7) is 0.146. The van der Waals surface area contributed by atoms with E-state index in [2.05, 4.69) is 4.98 Å². The summed E-state index contributed by atoms with van der Waals surface area (Å²) >= 11 is 0. The molecule has 1 aromatic rings. The molecule has 4 nitrogen and oxygen atoms in total. The maximum absolute atomic E-state index is 9.37. The quantitative estimate of drug-likeness (QED) is 0.670. The van der Waals surface area contributed by atoms with Gasteiger partial charge in [-0.15, -0.1) is 0 Å². The molecule has 0 fully saturated rings. The van der Waals surface area contributed by atoms with Crippen LogP contribution in [0, 0.1) is 0 Å². The number of aliphatic hydroxyl groups excluding tert-OH is 1. The second-order valence-electron chi connectivity index (χ2n) is 2.34. The fraction of sp³-hybridized carbons (Fsp3) is 0.375. The fourth-order valence-corrected chi connectivity index (χ4v) is 0.937. The van der Waals surface area contributed by atoms with Crippen LogP contribution in [-0.2, 0) is 0 Å². The third-order valence-corrected chi connectivity index (χ3v) is 1.56. The highest BCUT2D eigenvalue weighted by atomic mass is 16.5. The van der Waals surface area contributed by atoms with Gasteiger partial charge in [0.1, 0.15) is 17.5 Å². The van der Waals surface area contributed by atoms with E-state index in [1.807, 2.05) is 0 Å². The summed E-state index contributed by atoms with van der Waals surface area (Å²) in [5, 5.41) is 9.37. The van der Waals surface area contributed by atoms with E-state index in [4.69, 9.17) is 10.5 Å². The summed E-state index contributed by atoms with van der Waals surface area (Å²) in [4.78, 5) is 3.97. The van der Waals surface area contributed by atoms with E-state index in [1.165, 1.54) is 7.11 Å². The highest BCUT2D eigenvalue weighted by Crippen LogP contribution is 2.20. The van der Waals surface area contributed by atoms with Crippen LogP contribution in [0.2, 0.25) is 0 Å². The van der Waals surface area contributed by atoms with Crippen LogP contribution in [0.1, 0.15) is 11.8 Å². The molecule has 1 heterocycles. The van der Waals surface area contributed by atoms with Crippen molar-refractivity contribution in [3.05, 3.63) is 24.0 Å². The maximum Gasteiger partial charge on any atom is 0.143 e. The Bertz CT molecular complexity index is 253. The van der Waals surface area contributed by atoms with Gasteiger partial charge >= 0.3 is 0 Å². The first-order valence-electron chi connectivity index (χ1n) is 3.66. The minimum absolute atomic E-state index is 0.146. The van der Waals surface area contributed by atoms with E-state index < -0.39 is 6.10 Å². The van der Waals surface area contributed by atoms with Crippen LogP contribution in [0.5, 0.6) is 5.75 Å². The van der Waals surface area contributed by atoms with Gasteiger partial charge in [-0.2, -0.15) is 0 Å². The lowest BCUT2D eigenvalue weighted by Gasteiger charge is -2.10. The SMILES string of the molecule is COc1cccnc1[C@H](O)CN. The Kier molecular flexibility index (Phi) is 3.01. The molecule has 4 heteroatoms. The Hall–Kier alpha value is -1.13.